The van der Waals surface area contributed by atoms with E-state index in [1.807, 2.05) is 24.3 Å². The Hall–Kier alpha value is -2.73. The van der Waals surface area contributed by atoms with Crippen LogP contribution < -0.4 is 10.6 Å². The number of amides is 2. The summed E-state index contributed by atoms with van der Waals surface area (Å²) in [5, 5.41) is 16.2. The minimum absolute atomic E-state index is 0.0663. The van der Waals surface area contributed by atoms with Crippen LogP contribution >= 0.6 is 11.6 Å². The van der Waals surface area contributed by atoms with Crippen molar-refractivity contribution < 1.29 is 27.9 Å². The minimum Gasteiger partial charge on any atom is -0.449 e. The number of nitrogens with one attached hydrogen (secondary N) is 2. The standard InChI is InChI=1S/C31H38ClF2N3O4/c32-24-3-1-2-21(13-24)16-29(8-9-29)19-41-28(40)36-25(14-20-4-6-31(33,34)7-5-20)26(38)15-22(18-35)12-23-17-30(10-11-30)37-27(23)39/h1-3,13,20,22-23,25H,4-12,14-17,19H2,(H,36,40)(H,37,39)/t22-,23?,25+/m1/s1. The number of nitrogens with zero attached hydrogens (tertiary/aromatic N) is 1. The lowest BCUT2D eigenvalue weighted by Crippen LogP contribution is -2.44. The Morgan fingerprint density at radius 2 is 1.88 bits per heavy atom. The van der Waals surface area contributed by atoms with Gasteiger partial charge in [0, 0.05) is 41.2 Å². The zero-order valence-corrected chi connectivity index (χ0v) is 24.0. The maximum Gasteiger partial charge on any atom is 0.407 e. The van der Waals surface area contributed by atoms with Crippen LogP contribution in [-0.2, 0) is 20.7 Å². The van der Waals surface area contributed by atoms with E-state index in [2.05, 4.69) is 16.7 Å². The first-order valence-electron chi connectivity index (χ1n) is 14.8. The molecule has 1 spiro atoms. The van der Waals surface area contributed by atoms with Crippen LogP contribution in [0.15, 0.2) is 24.3 Å². The summed E-state index contributed by atoms with van der Waals surface area (Å²) in [6.07, 6.45) is 4.84. The van der Waals surface area contributed by atoms with Crippen LogP contribution in [0.25, 0.3) is 0 Å². The smallest absolute Gasteiger partial charge is 0.407 e. The van der Waals surface area contributed by atoms with Crippen molar-refractivity contribution in [1.82, 2.24) is 10.6 Å². The Morgan fingerprint density at radius 1 is 1.15 bits per heavy atom. The fourth-order valence-corrected chi connectivity index (χ4v) is 6.74. The fraction of sp³-hybridized carbons (Fsp3) is 0.677. The summed E-state index contributed by atoms with van der Waals surface area (Å²) in [4.78, 5) is 38.7. The predicted molar refractivity (Wildman–Crippen MR) is 148 cm³/mol. The molecule has 222 valence electrons. The van der Waals surface area contributed by atoms with Crippen molar-refractivity contribution in [3.63, 3.8) is 0 Å². The van der Waals surface area contributed by atoms with Gasteiger partial charge in [-0.2, -0.15) is 5.26 Å². The molecule has 7 nitrogen and oxygen atoms in total. The molecule has 41 heavy (non-hydrogen) atoms. The molecular formula is C31H38ClF2N3O4. The number of halogens is 3. The zero-order valence-electron chi connectivity index (χ0n) is 23.2. The van der Waals surface area contributed by atoms with Crippen LogP contribution in [0, 0.1) is 34.5 Å². The number of hydrogen-bond donors (Lipinski definition) is 2. The molecule has 1 aromatic carbocycles. The van der Waals surface area contributed by atoms with Gasteiger partial charge in [-0.25, -0.2) is 13.6 Å². The molecule has 1 unspecified atom stereocenters. The quantitative estimate of drug-likeness (QED) is 0.305. The topological polar surface area (TPSA) is 108 Å². The molecule has 2 N–H and O–H groups in total. The normalized spacial score (nSPS) is 25.0. The van der Waals surface area contributed by atoms with Crippen molar-refractivity contribution in [3.05, 3.63) is 34.9 Å². The number of ketones is 1. The molecule has 4 fully saturated rings. The second kappa shape index (κ2) is 11.9. The highest BCUT2D eigenvalue weighted by Gasteiger charge is 2.52. The Morgan fingerprint density at radius 3 is 2.49 bits per heavy atom. The van der Waals surface area contributed by atoms with Crippen LogP contribution in [-0.4, -0.2) is 41.9 Å². The number of Topliss-reactive ketones (excluding diaryl/α,β-unsaturated/α-hetero) is 1. The number of alkyl carbamates (subject to hydrolysis) is 1. The van der Waals surface area contributed by atoms with Gasteiger partial charge in [-0.1, -0.05) is 23.7 Å². The summed E-state index contributed by atoms with van der Waals surface area (Å²) in [6.45, 7) is 0.196. The average Bonchev–Trinajstić information content (AvgIpc) is 3.83. The SMILES string of the molecule is N#C[C@@H](CC(=O)[C@H](CC1CCC(F)(F)CC1)NC(=O)OCC1(Cc2cccc(Cl)c2)CC1)CC1CC2(CC2)NC1=O. The monoisotopic (exact) mass is 589 g/mol. The van der Waals surface area contributed by atoms with Crippen molar-refractivity contribution in [2.75, 3.05) is 6.61 Å². The number of alkyl halides is 2. The molecule has 3 saturated carbocycles. The Balaban J connectivity index is 1.18. The van der Waals surface area contributed by atoms with Crippen molar-refractivity contribution in [2.24, 2.45) is 23.2 Å². The third-order valence-corrected chi connectivity index (χ3v) is 9.71. The number of ether oxygens (including phenoxy) is 1. The largest absolute Gasteiger partial charge is 0.449 e. The average molecular weight is 590 g/mol. The first-order chi connectivity index (χ1) is 19.5. The van der Waals surface area contributed by atoms with E-state index in [0.717, 1.165) is 37.7 Å². The number of benzene rings is 1. The summed E-state index contributed by atoms with van der Waals surface area (Å²) in [7, 11) is 0. The van der Waals surface area contributed by atoms with Gasteiger partial charge in [-0.05, 0) is 87.8 Å². The lowest BCUT2D eigenvalue weighted by atomic mass is 9.81. The Kier molecular flexibility index (Phi) is 8.61. The summed E-state index contributed by atoms with van der Waals surface area (Å²) >= 11 is 6.11. The summed E-state index contributed by atoms with van der Waals surface area (Å²) in [5.41, 5.74) is 0.782. The molecule has 2 amide bonds. The summed E-state index contributed by atoms with van der Waals surface area (Å²) < 4.78 is 33.1. The lowest BCUT2D eigenvalue weighted by molar-refractivity contribution is -0.125. The molecule has 1 aliphatic heterocycles. The molecule has 3 atom stereocenters. The molecule has 1 aromatic rings. The van der Waals surface area contributed by atoms with Gasteiger partial charge in [-0.3, -0.25) is 9.59 Å². The van der Waals surface area contributed by atoms with E-state index in [1.165, 1.54) is 0 Å². The van der Waals surface area contributed by atoms with Gasteiger partial charge in [0.1, 0.15) is 0 Å². The molecule has 0 bridgehead atoms. The van der Waals surface area contributed by atoms with E-state index in [9.17, 15) is 28.4 Å². The Bertz CT molecular complexity index is 1200. The molecule has 4 aliphatic rings. The highest BCUT2D eigenvalue weighted by Crippen LogP contribution is 2.49. The number of nitriles is 1. The van der Waals surface area contributed by atoms with E-state index < -0.39 is 24.0 Å². The van der Waals surface area contributed by atoms with Gasteiger partial charge >= 0.3 is 6.09 Å². The fourth-order valence-electron chi connectivity index (χ4n) is 6.53. The summed E-state index contributed by atoms with van der Waals surface area (Å²) in [5.74, 6) is -4.21. The van der Waals surface area contributed by atoms with Crippen LogP contribution in [0.4, 0.5) is 13.6 Å². The van der Waals surface area contributed by atoms with Gasteiger partial charge in [0.2, 0.25) is 11.8 Å². The third-order valence-electron chi connectivity index (χ3n) is 9.47. The number of rotatable bonds is 12. The van der Waals surface area contributed by atoms with E-state index in [0.29, 0.717) is 11.4 Å². The van der Waals surface area contributed by atoms with Crippen molar-refractivity contribution >= 4 is 29.4 Å². The van der Waals surface area contributed by atoms with Crippen molar-refractivity contribution in [2.45, 2.75) is 101 Å². The van der Waals surface area contributed by atoms with Gasteiger partial charge in [0.05, 0.1) is 24.6 Å². The highest BCUT2D eigenvalue weighted by atomic mass is 35.5. The number of hydrogen-bond acceptors (Lipinski definition) is 5. The third kappa shape index (κ3) is 7.97. The molecule has 10 heteroatoms. The first kappa shape index (κ1) is 29.8. The maximum absolute atomic E-state index is 13.7. The van der Waals surface area contributed by atoms with Gasteiger partial charge in [0.15, 0.2) is 5.78 Å². The molecule has 3 aliphatic carbocycles. The summed E-state index contributed by atoms with van der Waals surface area (Å²) in [6, 6.07) is 8.82. The van der Waals surface area contributed by atoms with Gasteiger partial charge in [-0.15, -0.1) is 0 Å². The van der Waals surface area contributed by atoms with Crippen LogP contribution in [0.1, 0.15) is 82.6 Å². The molecule has 5 rings (SSSR count). The van der Waals surface area contributed by atoms with Gasteiger partial charge < -0.3 is 15.4 Å². The molecular weight excluding hydrogens is 552 g/mol. The van der Waals surface area contributed by atoms with E-state index >= 15 is 0 Å². The van der Waals surface area contributed by atoms with E-state index in [4.69, 9.17) is 16.3 Å². The molecule has 1 saturated heterocycles. The molecule has 1 heterocycles. The first-order valence-corrected chi connectivity index (χ1v) is 15.2. The Labute approximate surface area is 244 Å². The molecule has 0 radical (unpaired) electrons. The number of carbonyl (C=O) groups excluding carboxylic acids is 3. The van der Waals surface area contributed by atoms with Crippen molar-refractivity contribution in [3.8, 4) is 6.07 Å². The van der Waals surface area contributed by atoms with Gasteiger partial charge in [0.25, 0.3) is 0 Å². The lowest BCUT2D eigenvalue weighted by Gasteiger charge is -2.31. The second-order valence-electron chi connectivity index (χ2n) is 13.0. The second-order valence-corrected chi connectivity index (χ2v) is 13.5. The zero-order chi connectivity index (χ0) is 29.3. The maximum atomic E-state index is 13.7. The number of carbonyl (C=O) groups is 3. The predicted octanol–water partition coefficient (Wildman–Crippen LogP) is 6.13. The minimum atomic E-state index is -2.70. The van der Waals surface area contributed by atoms with Crippen molar-refractivity contribution in [1.29, 1.82) is 5.26 Å². The van der Waals surface area contributed by atoms with Crippen LogP contribution in [0.3, 0.4) is 0 Å². The van der Waals surface area contributed by atoms with Crippen LogP contribution in [0.2, 0.25) is 5.02 Å². The van der Waals surface area contributed by atoms with E-state index in [-0.39, 0.29) is 86.0 Å². The molecule has 0 aromatic heterocycles. The van der Waals surface area contributed by atoms with Crippen LogP contribution in [0.5, 0.6) is 0 Å². The highest BCUT2D eigenvalue weighted by molar-refractivity contribution is 6.30. The van der Waals surface area contributed by atoms with E-state index in [1.54, 1.807) is 0 Å².